The highest BCUT2D eigenvalue weighted by Gasteiger charge is 2.42. The lowest BCUT2D eigenvalue weighted by Crippen LogP contribution is -2.58. The topological polar surface area (TPSA) is 72.3 Å². The molecule has 0 spiro atoms. The van der Waals surface area contributed by atoms with Crippen molar-refractivity contribution in [2.24, 2.45) is 16.9 Å². The number of carbonyl (C=O) groups is 1. The molecule has 1 saturated heterocycles. The van der Waals surface area contributed by atoms with E-state index in [0.29, 0.717) is 11.5 Å². The number of likely N-dealkylation sites (tertiary alicyclic amines) is 1. The highest BCUT2D eigenvalue weighted by Crippen LogP contribution is 2.36. The quantitative estimate of drug-likeness (QED) is 0.750. The molecule has 17 heavy (non-hydrogen) atoms. The Hall–Kier alpha value is -0.610. The SMILES string of the molecule is CC1(C)CCN(C2CCCC(N)(C(N)=O)C2)C1. The van der Waals surface area contributed by atoms with Crippen molar-refractivity contribution < 1.29 is 4.79 Å². The lowest BCUT2D eigenvalue weighted by molar-refractivity contribution is -0.125. The van der Waals surface area contributed by atoms with Crippen molar-refractivity contribution in [2.75, 3.05) is 13.1 Å². The number of primary amides is 1. The minimum absolute atomic E-state index is 0.333. The minimum atomic E-state index is -0.768. The van der Waals surface area contributed by atoms with E-state index in [2.05, 4.69) is 18.7 Å². The smallest absolute Gasteiger partial charge is 0.237 e. The fourth-order valence-electron chi connectivity index (χ4n) is 3.28. The van der Waals surface area contributed by atoms with Crippen molar-refractivity contribution in [2.45, 2.75) is 57.5 Å². The second kappa shape index (κ2) is 4.25. The van der Waals surface area contributed by atoms with E-state index < -0.39 is 5.54 Å². The molecule has 2 fully saturated rings. The van der Waals surface area contributed by atoms with E-state index >= 15 is 0 Å². The number of hydrogen-bond acceptors (Lipinski definition) is 3. The first-order valence-corrected chi connectivity index (χ1v) is 6.65. The first-order valence-electron chi connectivity index (χ1n) is 6.65. The van der Waals surface area contributed by atoms with Crippen LogP contribution in [-0.2, 0) is 4.79 Å². The van der Waals surface area contributed by atoms with Crippen LogP contribution in [0.5, 0.6) is 0 Å². The molecular formula is C13H25N3O. The predicted octanol–water partition coefficient (Wildman–Crippen LogP) is 0.844. The molecule has 1 amide bonds. The van der Waals surface area contributed by atoms with Gasteiger partial charge in [0.1, 0.15) is 0 Å². The minimum Gasteiger partial charge on any atom is -0.368 e. The van der Waals surface area contributed by atoms with Gasteiger partial charge in [-0.2, -0.15) is 0 Å². The van der Waals surface area contributed by atoms with Gasteiger partial charge in [-0.25, -0.2) is 0 Å². The Balaban J connectivity index is 2.01. The zero-order valence-corrected chi connectivity index (χ0v) is 11.0. The summed E-state index contributed by atoms with van der Waals surface area (Å²) < 4.78 is 0. The molecule has 1 saturated carbocycles. The molecular weight excluding hydrogens is 214 g/mol. The van der Waals surface area contributed by atoms with Crippen molar-refractivity contribution in [1.82, 2.24) is 4.90 Å². The Bertz CT molecular complexity index is 316. The molecule has 2 atom stereocenters. The average Bonchev–Trinajstić information content (AvgIpc) is 2.59. The maximum atomic E-state index is 11.4. The molecule has 4 N–H and O–H groups in total. The third-order valence-corrected chi connectivity index (χ3v) is 4.47. The van der Waals surface area contributed by atoms with E-state index in [1.807, 2.05) is 0 Å². The van der Waals surface area contributed by atoms with E-state index in [9.17, 15) is 4.79 Å². The lowest BCUT2D eigenvalue weighted by atomic mass is 9.78. The number of nitrogens with two attached hydrogens (primary N) is 2. The first-order chi connectivity index (χ1) is 7.82. The summed E-state index contributed by atoms with van der Waals surface area (Å²) in [6, 6.07) is 0.447. The van der Waals surface area contributed by atoms with Gasteiger partial charge in [-0.3, -0.25) is 9.69 Å². The predicted molar refractivity (Wildman–Crippen MR) is 68.3 cm³/mol. The van der Waals surface area contributed by atoms with Crippen LogP contribution in [-0.4, -0.2) is 35.5 Å². The number of carbonyl (C=O) groups excluding carboxylic acids is 1. The van der Waals surface area contributed by atoms with Gasteiger partial charge in [0.2, 0.25) is 5.91 Å². The van der Waals surface area contributed by atoms with Crippen molar-refractivity contribution in [3.8, 4) is 0 Å². The summed E-state index contributed by atoms with van der Waals surface area (Å²) in [6.07, 6.45) is 4.88. The van der Waals surface area contributed by atoms with Crippen LogP contribution in [0.2, 0.25) is 0 Å². The molecule has 0 radical (unpaired) electrons. The fraction of sp³-hybridized carbons (Fsp3) is 0.923. The van der Waals surface area contributed by atoms with Crippen molar-refractivity contribution >= 4 is 5.91 Å². The summed E-state index contributed by atoms with van der Waals surface area (Å²) in [6.45, 7) is 6.86. The highest BCUT2D eigenvalue weighted by atomic mass is 16.1. The van der Waals surface area contributed by atoms with Gasteiger partial charge in [0, 0.05) is 12.6 Å². The van der Waals surface area contributed by atoms with Crippen LogP contribution in [0, 0.1) is 5.41 Å². The van der Waals surface area contributed by atoms with Crippen LogP contribution in [0.15, 0.2) is 0 Å². The Morgan fingerprint density at radius 2 is 2.06 bits per heavy atom. The van der Waals surface area contributed by atoms with Crippen LogP contribution < -0.4 is 11.5 Å². The van der Waals surface area contributed by atoms with E-state index in [-0.39, 0.29) is 5.91 Å². The zero-order valence-electron chi connectivity index (χ0n) is 11.0. The molecule has 0 aromatic heterocycles. The van der Waals surface area contributed by atoms with Crippen molar-refractivity contribution in [3.05, 3.63) is 0 Å². The third-order valence-electron chi connectivity index (χ3n) is 4.47. The van der Waals surface area contributed by atoms with Crippen molar-refractivity contribution in [3.63, 3.8) is 0 Å². The Labute approximate surface area is 104 Å². The van der Waals surface area contributed by atoms with Crippen LogP contribution in [0.3, 0.4) is 0 Å². The normalized spacial score (nSPS) is 38.2. The van der Waals surface area contributed by atoms with Crippen LogP contribution in [0.25, 0.3) is 0 Å². The largest absolute Gasteiger partial charge is 0.368 e. The van der Waals surface area contributed by atoms with Gasteiger partial charge < -0.3 is 11.5 Å². The Morgan fingerprint density at radius 3 is 2.59 bits per heavy atom. The van der Waals surface area contributed by atoms with Gasteiger partial charge in [-0.05, 0) is 44.1 Å². The molecule has 2 aliphatic rings. The molecule has 1 heterocycles. The molecule has 0 aromatic rings. The molecule has 4 heteroatoms. The second-order valence-electron chi connectivity index (χ2n) is 6.66. The fourth-order valence-corrected chi connectivity index (χ4v) is 3.28. The molecule has 1 aliphatic heterocycles. The van der Waals surface area contributed by atoms with E-state index in [1.165, 1.54) is 6.42 Å². The van der Waals surface area contributed by atoms with Gasteiger partial charge in [-0.1, -0.05) is 13.8 Å². The maximum absolute atomic E-state index is 11.4. The molecule has 4 nitrogen and oxygen atoms in total. The molecule has 2 unspecified atom stereocenters. The number of nitrogens with zero attached hydrogens (tertiary/aromatic N) is 1. The van der Waals surface area contributed by atoms with Crippen LogP contribution >= 0.6 is 0 Å². The average molecular weight is 239 g/mol. The summed E-state index contributed by atoms with van der Waals surface area (Å²) in [5.41, 5.74) is 11.2. The summed E-state index contributed by atoms with van der Waals surface area (Å²) >= 11 is 0. The summed E-state index contributed by atoms with van der Waals surface area (Å²) in [4.78, 5) is 13.9. The lowest BCUT2D eigenvalue weighted by Gasteiger charge is -2.40. The molecule has 98 valence electrons. The van der Waals surface area contributed by atoms with Gasteiger partial charge in [0.05, 0.1) is 5.54 Å². The second-order valence-corrected chi connectivity index (χ2v) is 6.66. The molecule has 2 rings (SSSR count). The van der Waals surface area contributed by atoms with Gasteiger partial charge in [0.15, 0.2) is 0 Å². The maximum Gasteiger partial charge on any atom is 0.237 e. The first kappa shape index (κ1) is 12.8. The zero-order chi connectivity index (χ0) is 12.7. The van der Waals surface area contributed by atoms with E-state index in [4.69, 9.17) is 11.5 Å². The monoisotopic (exact) mass is 239 g/mol. The highest BCUT2D eigenvalue weighted by molar-refractivity contribution is 5.84. The van der Waals surface area contributed by atoms with E-state index in [0.717, 1.165) is 38.8 Å². The standard InChI is InChI=1S/C13H25N3O/c1-12(2)6-7-16(9-12)10-4-3-5-13(15,8-10)11(14)17/h10H,3-9,15H2,1-2H3,(H2,14,17). The molecule has 1 aliphatic carbocycles. The molecule has 0 aromatic carbocycles. The van der Waals surface area contributed by atoms with Crippen molar-refractivity contribution in [1.29, 1.82) is 0 Å². The Kier molecular flexibility index (Phi) is 3.21. The summed E-state index contributed by atoms with van der Waals surface area (Å²) in [7, 11) is 0. The number of rotatable bonds is 2. The Morgan fingerprint density at radius 1 is 1.35 bits per heavy atom. The van der Waals surface area contributed by atoms with Gasteiger partial charge >= 0.3 is 0 Å². The molecule has 0 bridgehead atoms. The summed E-state index contributed by atoms with van der Waals surface area (Å²) in [5.74, 6) is -0.333. The van der Waals surface area contributed by atoms with E-state index in [1.54, 1.807) is 0 Å². The van der Waals surface area contributed by atoms with Gasteiger partial charge in [0.25, 0.3) is 0 Å². The van der Waals surface area contributed by atoms with Gasteiger partial charge in [-0.15, -0.1) is 0 Å². The summed E-state index contributed by atoms with van der Waals surface area (Å²) in [5, 5.41) is 0. The van der Waals surface area contributed by atoms with Crippen LogP contribution in [0.1, 0.15) is 46.0 Å². The van der Waals surface area contributed by atoms with Crippen LogP contribution in [0.4, 0.5) is 0 Å². The number of hydrogen-bond donors (Lipinski definition) is 2. The number of amides is 1. The third kappa shape index (κ3) is 2.63.